The minimum absolute atomic E-state index is 0.331. The maximum Gasteiger partial charge on any atom is 0.231 e. The summed E-state index contributed by atoms with van der Waals surface area (Å²) in [6, 6.07) is 6.00. The fourth-order valence-electron chi connectivity index (χ4n) is 2.38. The minimum Gasteiger partial charge on any atom is -0.454 e. The molecule has 0 bridgehead atoms. The second-order valence-corrected chi connectivity index (χ2v) is 5.36. The van der Waals surface area contributed by atoms with Gasteiger partial charge in [-0.3, -0.25) is 0 Å². The molecule has 1 aromatic rings. The Morgan fingerprint density at radius 1 is 0.950 bits per heavy atom. The largest absolute Gasteiger partial charge is 0.454 e. The Hall–Kier alpha value is -1.22. The molecule has 20 heavy (non-hydrogen) atoms. The van der Waals surface area contributed by atoms with Gasteiger partial charge < -0.3 is 14.2 Å². The molecule has 1 aromatic carbocycles. The topological polar surface area (TPSA) is 27.7 Å². The first-order valence-corrected chi connectivity index (χ1v) is 7.86. The summed E-state index contributed by atoms with van der Waals surface area (Å²) >= 11 is 0. The number of ether oxygens (including phenoxy) is 3. The first-order chi connectivity index (χ1) is 9.90. The Bertz CT molecular complexity index is 390. The molecule has 2 rings (SSSR count). The summed E-state index contributed by atoms with van der Waals surface area (Å²) in [5.74, 6) is 1.67. The predicted molar refractivity (Wildman–Crippen MR) is 80.2 cm³/mol. The zero-order valence-corrected chi connectivity index (χ0v) is 12.5. The zero-order valence-electron chi connectivity index (χ0n) is 12.5. The number of fused-ring (bicyclic) bond motifs is 1. The fraction of sp³-hybridized carbons (Fsp3) is 0.647. The third-order valence-electron chi connectivity index (χ3n) is 3.60. The molecule has 0 atom stereocenters. The van der Waals surface area contributed by atoms with Gasteiger partial charge in [0.05, 0.1) is 6.61 Å². The number of unbranched alkanes of at least 4 members (excludes halogenated alkanes) is 6. The molecule has 1 heterocycles. The van der Waals surface area contributed by atoms with Gasteiger partial charge in [-0.05, 0) is 24.1 Å². The van der Waals surface area contributed by atoms with Gasteiger partial charge in [-0.25, -0.2) is 0 Å². The third-order valence-corrected chi connectivity index (χ3v) is 3.60. The van der Waals surface area contributed by atoms with Gasteiger partial charge in [0.1, 0.15) is 0 Å². The van der Waals surface area contributed by atoms with E-state index in [1.807, 2.05) is 18.2 Å². The minimum atomic E-state index is 0.331. The highest BCUT2D eigenvalue weighted by Crippen LogP contribution is 2.32. The van der Waals surface area contributed by atoms with E-state index in [9.17, 15) is 0 Å². The van der Waals surface area contributed by atoms with Crippen LogP contribution in [-0.4, -0.2) is 13.4 Å². The standard InChI is InChI=1S/C17H26O3/c1-2-3-4-5-6-7-8-11-18-13-15-9-10-16-17(12-15)20-14-19-16/h9-10,12H,2-8,11,13-14H2,1H3. The second kappa shape index (κ2) is 8.85. The van der Waals surface area contributed by atoms with Crippen molar-refractivity contribution in [2.45, 2.75) is 58.5 Å². The van der Waals surface area contributed by atoms with Gasteiger partial charge in [0.15, 0.2) is 11.5 Å². The van der Waals surface area contributed by atoms with Gasteiger partial charge in [-0.15, -0.1) is 0 Å². The van der Waals surface area contributed by atoms with Gasteiger partial charge in [0.25, 0.3) is 0 Å². The molecule has 3 heteroatoms. The van der Waals surface area contributed by atoms with Crippen LogP contribution in [0.15, 0.2) is 18.2 Å². The molecule has 0 saturated heterocycles. The summed E-state index contributed by atoms with van der Waals surface area (Å²) in [5, 5.41) is 0. The monoisotopic (exact) mass is 278 g/mol. The Morgan fingerprint density at radius 2 is 1.70 bits per heavy atom. The molecule has 0 saturated carbocycles. The predicted octanol–water partition coefficient (Wildman–Crippen LogP) is 4.68. The summed E-state index contributed by atoms with van der Waals surface area (Å²) in [6.45, 7) is 4.09. The number of rotatable bonds is 10. The molecule has 0 fully saturated rings. The number of hydrogen-bond donors (Lipinski definition) is 0. The van der Waals surface area contributed by atoms with E-state index in [0.717, 1.165) is 30.1 Å². The summed E-state index contributed by atoms with van der Waals surface area (Å²) in [6.07, 6.45) is 9.23. The van der Waals surface area contributed by atoms with Crippen LogP contribution in [0, 0.1) is 0 Å². The molecule has 0 amide bonds. The molecule has 0 unspecified atom stereocenters. The highest BCUT2D eigenvalue weighted by Gasteiger charge is 2.12. The van der Waals surface area contributed by atoms with E-state index in [-0.39, 0.29) is 0 Å². The first kappa shape index (κ1) is 15.2. The molecule has 0 spiro atoms. The SMILES string of the molecule is CCCCCCCCCOCc1ccc2c(c1)OCO2. The normalized spacial score (nSPS) is 12.8. The van der Waals surface area contributed by atoms with Gasteiger partial charge in [-0.1, -0.05) is 51.5 Å². The van der Waals surface area contributed by atoms with Crippen LogP contribution in [0.5, 0.6) is 11.5 Å². The smallest absolute Gasteiger partial charge is 0.231 e. The molecular weight excluding hydrogens is 252 g/mol. The van der Waals surface area contributed by atoms with Crippen LogP contribution in [0.3, 0.4) is 0 Å². The van der Waals surface area contributed by atoms with Crippen molar-refractivity contribution >= 4 is 0 Å². The van der Waals surface area contributed by atoms with Crippen LogP contribution in [0.2, 0.25) is 0 Å². The summed E-state index contributed by atoms with van der Waals surface area (Å²) < 4.78 is 16.4. The van der Waals surface area contributed by atoms with E-state index in [2.05, 4.69) is 6.92 Å². The molecule has 1 aliphatic heterocycles. The molecular formula is C17H26O3. The number of hydrogen-bond acceptors (Lipinski definition) is 3. The highest BCUT2D eigenvalue weighted by molar-refractivity contribution is 5.44. The lowest BCUT2D eigenvalue weighted by Gasteiger charge is -2.05. The van der Waals surface area contributed by atoms with Crippen LogP contribution < -0.4 is 9.47 Å². The van der Waals surface area contributed by atoms with Crippen molar-refractivity contribution < 1.29 is 14.2 Å². The van der Waals surface area contributed by atoms with Crippen LogP contribution in [0.25, 0.3) is 0 Å². The van der Waals surface area contributed by atoms with Crippen molar-refractivity contribution in [1.82, 2.24) is 0 Å². The fourth-order valence-corrected chi connectivity index (χ4v) is 2.38. The average Bonchev–Trinajstić information content (AvgIpc) is 2.93. The molecule has 0 aromatic heterocycles. The van der Waals surface area contributed by atoms with Crippen LogP contribution in [-0.2, 0) is 11.3 Å². The Balaban J connectivity index is 1.51. The molecule has 1 aliphatic rings. The van der Waals surface area contributed by atoms with Crippen molar-refractivity contribution in [3.05, 3.63) is 23.8 Å². The highest BCUT2D eigenvalue weighted by atomic mass is 16.7. The quantitative estimate of drug-likeness (QED) is 0.581. The van der Waals surface area contributed by atoms with E-state index in [1.165, 1.54) is 38.5 Å². The lowest BCUT2D eigenvalue weighted by atomic mass is 10.1. The van der Waals surface area contributed by atoms with E-state index in [1.54, 1.807) is 0 Å². The summed E-state index contributed by atoms with van der Waals surface area (Å²) in [5.41, 5.74) is 1.15. The Morgan fingerprint density at radius 3 is 2.55 bits per heavy atom. The van der Waals surface area contributed by atoms with Gasteiger partial charge in [0, 0.05) is 6.61 Å². The van der Waals surface area contributed by atoms with E-state index < -0.39 is 0 Å². The van der Waals surface area contributed by atoms with Crippen LogP contribution >= 0.6 is 0 Å². The van der Waals surface area contributed by atoms with Crippen LogP contribution in [0.1, 0.15) is 57.4 Å². The first-order valence-electron chi connectivity index (χ1n) is 7.86. The molecule has 3 nitrogen and oxygen atoms in total. The molecule has 112 valence electrons. The van der Waals surface area contributed by atoms with E-state index in [4.69, 9.17) is 14.2 Å². The third kappa shape index (κ3) is 5.04. The summed E-state index contributed by atoms with van der Waals surface area (Å²) in [7, 11) is 0. The number of benzene rings is 1. The van der Waals surface area contributed by atoms with Crippen molar-refractivity contribution in [2.24, 2.45) is 0 Å². The maximum absolute atomic E-state index is 5.71. The molecule has 0 aliphatic carbocycles. The van der Waals surface area contributed by atoms with Gasteiger partial charge >= 0.3 is 0 Å². The zero-order chi connectivity index (χ0) is 14.0. The Labute approximate surface area is 122 Å². The molecule has 0 radical (unpaired) electrons. The van der Waals surface area contributed by atoms with Crippen molar-refractivity contribution in [3.63, 3.8) is 0 Å². The Kier molecular flexibility index (Phi) is 6.72. The maximum atomic E-state index is 5.71. The van der Waals surface area contributed by atoms with Crippen LogP contribution in [0.4, 0.5) is 0 Å². The summed E-state index contributed by atoms with van der Waals surface area (Å²) in [4.78, 5) is 0. The molecule has 0 N–H and O–H groups in total. The average molecular weight is 278 g/mol. The lowest BCUT2D eigenvalue weighted by molar-refractivity contribution is 0.116. The van der Waals surface area contributed by atoms with Crippen molar-refractivity contribution in [3.8, 4) is 11.5 Å². The van der Waals surface area contributed by atoms with E-state index in [0.29, 0.717) is 13.4 Å². The van der Waals surface area contributed by atoms with Gasteiger partial charge in [-0.2, -0.15) is 0 Å². The van der Waals surface area contributed by atoms with Gasteiger partial charge in [0.2, 0.25) is 6.79 Å². The van der Waals surface area contributed by atoms with Crippen molar-refractivity contribution in [1.29, 1.82) is 0 Å². The lowest BCUT2D eigenvalue weighted by Crippen LogP contribution is -1.96. The second-order valence-electron chi connectivity index (χ2n) is 5.36. The van der Waals surface area contributed by atoms with E-state index >= 15 is 0 Å². The van der Waals surface area contributed by atoms with Crippen molar-refractivity contribution in [2.75, 3.05) is 13.4 Å².